The molecule has 0 amide bonds. The molecule has 1 atom stereocenters. The predicted octanol–water partition coefficient (Wildman–Crippen LogP) is 2.41. The second kappa shape index (κ2) is 6.78. The lowest BCUT2D eigenvalue weighted by Crippen LogP contribution is -2.47. The summed E-state index contributed by atoms with van der Waals surface area (Å²) in [5, 5.41) is 9.53. The number of nitriles is 1. The Morgan fingerprint density at radius 1 is 1.05 bits per heavy atom. The van der Waals surface area contributed by atoms with Gasteiger partial charge in [0.05, 0.1) is 6.07 Å². The highest BCUT2D eigenvalue weighted by atomic mass is 15.3. The molecule has 114 valence electrons. The molecule has 2 heterocycles. The van der Waals surface area contributed by atoms with Crippen molar-refractivity contribution < 1.29 is 0 Å². The number of hydrogen-bond donors (Lipinski definition) is 0. The first-order chi connectivity index (χ1) is 10.8. The molecule has 0 saturated carbocycles. The van der Waals surface area contributed by atoms with Gasteiger partial charge in [0.25, 0.3) is 0 Å². The summed E-state index contributed by atoms with van der Waals surface area (Å²) in [6, 6.07) is 16.7. The van der Waals surface area contributed by atoms with Gasteiger partial charge in [-0.1, -0.05) is 30.3 Å². The van der Waals surface area contributed by atoms with Gasteiger partial charge in [-0.25, -0.2) is 0 Å². The van der Waals surface area contributed by atoms with Crippen LogP contribution in [0, 0.1) is 11.3 Å². The average Bonchev–Trinajstić information content (AvgIpc) is 2.96. The molecule has 2 aromatic rings. The molecule has 22 heavy (non-hydrogen) atoms. The van der Waals surface area contributed by atoms with Crippen molar-refractivity contribution in [1.29, 1.82) is 5.26 Å². The molecule has 0 radical (unpaired) electrons. The molecule has 4 heteroatoms. The van der Waals surface area contributed by atoms with E-state index in [-0.39, 0.29) is 6.04 Å². The lowest BCUT2D eigenvalue weighted by molar-refractivity contribution is 0.108. The summed E-state index contributed by atoms with van der Waals surface area (Å²) in [4.78, 5) is 4.75. The van der Waals surface area contributed by atoms with Crippen LogP contribution in [0.25, 0.3) is 0 Å². The maximum Gasteiger partial charge on any atom is 0.123 e. The Kier molecular flexibility index (Phi) is 4.57. The third kappa shape index (κ3) is 3.22. The summed E-state index contributed by atoms with van der Waals surface area (Å²) >= 11 is 0. The molecule has 1 aromatic carbocycles. The van der Waals surface area contributed by atoms with E-state index in [9.17, 15) is 5.26 Å². The van der Waals surface area contributed by atoms with Crippen molar-refractivity contribution in [2.24, 2.45) is 7.05 Å². The number of hydrogen-bond acceptors (Lipinski definition) is 3. The number of piperazine rings is 1. The first-order valence-corrected chi connectivity index (χ1v) is 7.79. The van der Waals surface area contributed by atoms with Gasteiger partial charge in [0.1, 0.15) is 6.04 Å². The third-order valence-electron chi connectivity index (χ3n) is 4.45. The highest BCUT2D eigenvalue weighted by molar-refractivity contribution is 5.24. The van der Waals surface area contributed by atoms with Gasteiger partial charge in [0, 0.05) is 51.7 Å². The largest absolute Gasteiger partial charge is 0.353 e. The van der Waals surface area contributed by atoms with Gasteiger partial charge in [0.2, 0.25) is 0 Å². The number of aryl methyl sites for hydroxylation is 1. The Morgan fingerprint density at radius 2 is 1.77 bits per heavy atom. The summed E-state index contributed by atoms with van der Waals surface area (Å²) in [7, 11) is 2.09. The lowest BCUT2D eigenvalue weighted by Gasteiger charge is -2.37. The molecule has 1 aliphatic heterocycles. The number of rotatable bonds is 4. The quantitative estimate of drug-likeness (QED) is 0.868. The van der Waals surface area contributed by atoms with Crippen LogP contribution in [0.5, 0.6) is 0 Å². The molecule has 1 aromatic heterocycles. The minimum absolute atomic E-state index is 0.126. The number of aromatic nitrogens is 1. The fraction of sp³-hybridized carbons (Fsp3) is 0.389. The highest BCUT2D eigenvalue weighted by Crippen LogP contribution is 2.21. The molecular weight excluding hydrogens is 272 g/mol. The molecule has 1 fully saturated rings. The van der Waals surface area contributed by atoms with Gasteiger partial charge in [-0.15, -0.1) is 0 Å². The van der Waals surface area contributed by atoms with Crippen LogP contribution < -0.4 is 0 Å². The molecule has 3 rings (SSSR count). The van der Waals surface area contributed by atoms with Crippen LogP contribution in [-0.4, -0.2) is 40.5 Å². The molecule has 1 aliphatic rings. The minimum atomic E-state index is -0.126. The van der Waals surface area contributed by atoms with Gasteiger partial charge < -0.3 is 4.57 Å². The molecule has 0 bridgehead atoms. The zero-order valence-corrected chi connectivity index (χ0v) is 13.0. The summed E-state index contributed by atoms with van der Waals surface area (Å²) in [6.07, 6.45) is 2.09. The van der Waals surface area contributed by atoms with Gasteiger partial charge in [0.15, 0.2) is 0 Å². The van der Waals surface area contributed by atoms with E-state index in [0.29, 0.717) is 0 Å². The summed E-state index contributed by atoms with van der Waals surface area (Å²) in [6.45, 7) is 4.89. The first-order valence-electron chi connectivity index (χ1n) is 7.79. The van der Waals surface area contributed by atoms with E-state index in [4.69, 9.17) is 0 Å². The van der Waals surface area contributed by atoms with Crippen molar-refractivity contribution in [1.82, 2.24) is 14.4 Å². The Morgan fingerprint density at radius 3 is 2.36 bits per heavy atom. The molecule has 0 spiro atoms. The Bertz CT molecular complexity index is 633. The Labute approximate surface area is 132 Å². The van der Waals surface area contributed by atoms with Crippen molar-refractivity contribution in [3.05, 3.63) is 59.9 Å². The van der Waals surface area contributed by atoms with Crippen LogP contribution in [0.4, 0.5) is 0 Å². The van der Waals surface area contributed by atoms with Crippen molar-refractivity contribution in [2.75, 3.05) is 26.2 Å². The van der Waals surface area contributed by atoms with E-state index in [1.807, 2.05) is 30.3 Å². The van der Waals surface area contributed by atoms with Gasteiger partial charge in [-0.3, -0.25) is 9.80 Å². The van der Waals surface area contributed by atoms with Gasteiger partial charge in [-0.05, 0) is 17.7 Å². The molecule has 0 N–H and O–H groups in total. The highest BCUT2D eigenvalue weighted by Gasteiger charge is 2.24. The lowest BCUT2D eigenvalue weighted by atomic mass is 10.1. The van der Waals surface area contributed by atoms with Crippen molar-refractivity contribution >= 4 is 0 Å². The van der Waals surface area contributed by atoms with Gasteiger partial charge >= 0.3 is 0 Å². The average molecular weight is 294 g/mol. The monoisotopic (exact) mass is 294 g/mol. The summed E-state index contributed by atoms with van der Waals surface area (Å²) in [5.41, 5.74) is 2.44. The fourth-order valence-electron chi connectivity index (χ4n) is 3.07. The molecular formula is C18H22N4. The molecule has 4 nitrogen and oxygen atoms in total. The van der Waals surface area contributed by atoms with E-state index >= 15 is 0 Å². The van der Waals surface area contributed by atoms with Crippen LogP contribution >= 0.6 is 0 Å². The maximum atomic E-state index is 9.53. The first kappa shape index (κ1) is 14.8. The maximum absolute atomic E-state index is 9.53. The topological polar surface area (TPSA) is 35.2 Å². The normalized spacial score (nSPS) is 18.0. The van der Waals surface area contributed by atoms with Crippen molar-refractivity contribution in [3.8, 4) is 6.07 Å². The molecule has 1 saturated heterocycles. The third-order valence-corrected chi connectivity index (χ3v) is 4.45. The smallest absolute Gasteiger partial charge is 0.123 e. The predicted molar refractivity (Wildman–Crippen MR) is 87.1 cm³/mol. The van der Waals surface area contributed by atoms with E-state index in [1.54, 1.807) is 0 Å². The van der Waals surface area contributed by atoms with Crippen LogP contribution in [0.2, 0.25) is 0 Å². The molecule has 0 unspecified atom stereocenters. The Balaban J connectivity index is 1.59. The van der Waals surface area contributed by atoms with Crippen LogP contribution in [0.15, 0.2) is 48.7 Å². The van der Waals surface area contributed by atoms with Crippen molar-refractivity contribution in [2.45, 2.75) is 12.6 Å². The molecule has 0 aliphatic carbocycles. The zero-order chi connectivity index (χ0) is 15.4. The fourth-order valence-corrected chi connectivity index (χ4v) is 3.07. The van der Waals surface area contributed by atoms with Crippen LogP contribution in [0.3, 0.4) is 0 Å². The second-order valence-corrected chi connectivity index (χ2v) is 5.86. The zero-order valence-electron chi connectivity index (χ0n) is 13.0. The van der Waals surface area contributed by atoms with Gasteiger partial charge in [-0.2, -0.15) is 5.26 Å². The van der Waals surface area contributed by atoms with E-state index < -0.39 is 0 Å². The number of benzene rings is 1. The van der Waals surface area contributed by atoms with E-state index in [2.05, 4.69) is 45.8 Å². The van der Waals surface area contributed by atoms with Crippen LogP contribution in [-0.2, 0) is 13.6 Å². The van der Waals surface area contributed by atoms with E-state index in [1.165, 1.54) is 5.69 Å². The Hall–Kier alpha value is -2.09. The standard InChI is InChI=1S/C18H22N4/c1-20-9-5-8-17(20)15-21-10-12-22(13-11-21)18(14-19)16-6-3-2-4-7-16/h2-9,18H,10-13,15H2,1H3/t18-/m0/s1. The SMILES string of the molecule is Cn1cccc1CN1CCN([C@@H](C#N)c2ccccc2)CC1. The summed E-state index contributed by atoms with van der Waals surface area (Å²) < 4.78 is 2.18. The number of nitrogens with zero attached hydrogens (tertiary/aromatic N) is 4. The van der Waals surface area contributed by atoms with Crippen molar-refractivity contribution in [3.63, 3.8) is 0 Å². The van der Waals surface area contributed by atoms with Crippen LogP contribution in [0.1, 0.15) is 17.3 Å². The minimum Gasteiger partial charge on any atom is -0.353 e. The van der Waals surface area contributed by atoms with E-state index in [0.717, 1.165) is 38.3 Å². The summed E-state index contributed by atoms with van der Waals surface area (Å²) in [5.74, 6) is 0. The second-order valence-electron chi connectivity index (χ2n) is 5.86.